The second-order valence-electron chi connectivity index (χ2n) is 3.82. The zero-order valence-corrected chi connectivity index (χ0v) is 7.29. The van der Waals surface area contributed by atoms with Gasteiger partial charge in [0.15, 0.2) is 0 Å². The maximum atomic E-state index is 8.55. The second-order valence-corrected chi connectivity index (χ2v) is 3.82. The molecule has 0 aromatic carbocycles. The molecule has 0 saturated carbocycles. The fourth-order valence-electron chi connectivity index (χ4n) is 2.37. The maximum Gasteiger partial charge on any atom is 0.0866 e. The predicted molar refractivity (Wildman–Crippen MR) is 46.6 cm³/mol. The lowest BCUT2D eigenvalue weighted by atomic mass is 9.94. The highest BCUT2D eigenvalue weighted by atomic mass is 15.2. The summed E-state index contributed by atoms with van der Waals surface area (Å²) in [6, 6.07) is 2.89. The zero-order valence-electron chi connectivity index (χ0n) is 7.29. The van der Waals surface area contributed by atoms with Crippen LogP contribution in [-0.2, 0) is 0 Å². The van der Waals surface area contributed by atoms with E-state index in [0.29, 0.717) is 12.6 Å². The minimum Gasteiger partial charge on any atom is -0.312 e. The van der Waals surface area contributed by atoms with Crippen molar-refractivity contribution in [2.45, 2.75) is 18.9 Å². The molecule has 0 spiro atoms. The van der Waals surface area contributed by atoms with E-state index < -0.39 is 0 Å². The molecule has 2 aliphatic heterocycles. The van der Waals surface area contributed by atoms with Crippen LogP contribution >= 0.6 is 0 Å². The fourth-order valence-corrected chi connectivity index (χ4v) is 2.37. The van der Waals surface area contributed by atoms with E-state index in [-0.39, 0.29) is 0 Å². The maximum absolute atomic E-state index is 8.55. The summed E-state index contributed by atoms with van der Waals surface area (Å²) in [5.41, 5.74) is 0. The van der Waals surface area contributed by atoms with E-state index in [2.05, 4.69) is 16.3 Å². The summed E-state index contributed by atoms with van der Waals surface area (Å²) in [6.07, 6.45) is 2.65. The van der Waals surface area contributed by atoms with Gasteiger partial charge in [-0.05, 0) is 25.3 Å². The monoisotopic (exact) mass is 165 g/mol. The van der Waals surface area contributed by atoms with Crippen LogP contribution < -0.4 is 5.32 Å². The van der Waals surface area contributed by atoms with Gasteiger partial charge in [-0.15, -0.1) is 0 Å². The molecule has 2 heterocycles. The highest BCUT2D eigenvalue weighted by molar-refractivity contribution is 4.94. The van der Waals surface area contributed by atoms with Crippen molar-refractivity contribution < 1.29 is 0 Å². The fraction of sp³-hybridized carbons (Fsp3) is 0.889. The average Bonchev–Trinajstić information content (AvgIpc) is 2.47. The van der Waals surface area contributed by atoms with Gasteiger partial charge in [-0.2, -0.15) is 5.26 Å². The average molecular weight is 165 g/mol. The first-order valence-electron chi connectivity index (χ1n) is 4.73. The van der Waals surface area contributed by atoms with Crippen molar-refractivity contribution in [1.82, 2.24) is 10.2 Å². The van der Waals surface area contributed by atoms with E-state index in [9.17, 15) is 0 Å². The van der Waals surface area contributed by atoms with Crippen LogP contribution in [0.2, 0.25) is 0 Å². The first kappa shape index (κ1) is 8.03. The van der Waals surface area contributed by atoms with Gasteiger partial charge in [0.1, 0.15) is 0 Å². The van der Waals surface area contributed by atoms with Crippen molar-refractivity contribution in [3.8, 4) is 6.07 Å². The molecule has 0 aromatic rings. The summed E-state index contributed by atoms with van der Waals surface area (Å²) in [5.74, 6) is 0.812. The highest BCUT2D eigenvalue weighted by Crippen LogP contribution is 2.24. The summed E-state index contributed by atoms with van der Waals surface area (Å²) < 4.78 is 0. The molecule has 0 radical (unpaired) electrons. The van der Waals surface area contributed by atoms with Gasteiger partial charge in [0.05, 0.1) is 12.6 Å². The molecule has 2 aliphatic rings. The molecule has 0 aliphatic carbocycles. The van der Waals surface area contributed by atoms with Crippen LogP contribution in [0.25, 0.3) is 0 Å². The Hall–Kier alpha value is -0.590. The standard InChI is InChI=1S/C9H15N3/c10-3-5-12-6-8-2-1-4-11-9(8)7-12/h8-9,11H,1-2,4-7H2. The van der Waals surface area contributed by atoms with Crippen LogP contribution in [0.1, 0.15) is 12.8 Å². The number of nitriles is 1. The normalized spacial score (nSPS) is 35.9. The van der Waals surface area contributed by atoms with Gasteiger partial charge in [0.2, 0.25) is 0 Å². The zero-order chi connectivity index (χ0) is 8.39. The summed E-state index contributed by atoms with van der Waals surface area (Å²) in [5, 5.41) is 12.1. The highest BCUT2D eigenvalue weighted by Gasteiger charge is 2.33. The third-order valence-electron chi connectivity index (χ3n) is 2.97. The smallest absolute Gasteiger partial charge is 0.0866 e. The number of hydrogen-bond donors (Lipinski definition) is 1. The lowest BCUT2D eigenvalue weighted by Crippen LogP contribution is -2.40. The van der Waals surface area contributed by atoms with E-state index in [1.165, 1.54) is 19.4 Å². The molecule has 0 aromatic heterocycles. The molecule has 66 valence electrons. The molecule has 1 N–H and O–H groups in total. The molecular formula is C9H15N3. The molecule has 2 unspecified atom stereocenters. The molecular weight excluding hydrogens is 150 g/mol. The van der Waals surface area contributed by atoms with Gasteiger partial charge < -0.3 is 5.32 Å². The largest absolute Gasteiger partial charge is 0.312 e. The summed E-state index contributed by atoms with van der Waals surface area (Å²) in [6.45, 7) is 3.99. The number of rotatable bonds is 1. The molecule has 0 amide bonds. The van der Waals surface area contributed by atoms with E-state index in [1.807, 2.05) is 0 Å². The first-order valence-corrected chi connectivity index (χ1v) is 4.73. The van der Waals surface area contributed by atoms with Crippen LogP contribution in [0, 0.1) is 17.2 Å². The van der Waals surface area contributed by atoms with E-state index >= 15 is 0 Å². The summed E-state index contributed by atoms with van der Waals surface area (Å²) >= 11 is 0. The number of nitrogens with zero attached hydrogens (tertiary/aromatic N) is 2. The van der Waals surface area contributed by atoms with Crippen LogP contribution in [0.5, 0.6) is 0 Å². The molecule has 2 fully saturated rings. The third kappa shape index (κ3) is 1.45. The van der Waals surface area contributed by atoms with Gasteiger partial charge in [0, 0.05) is 19.1 Å². The molecule has 2 atom stereocenters. The van der Waals surface area contributed by atoms with Crippen LogP contribution in [0.15, 0.2) is 0 Å². The van der Waals surface area contributed by atoms with Crippen molar-refractivity contribution in [2.75, 3.05) is 26.2 Å². The van der Waals surface area contributed by atoms with E-state index in [1.54, 1.807) is 0 Å². The van der Waals surface area contributed by atoms with Crippen LogP contribution in [0.4, 0.5) is 0 Å². The van der Waals surface area contributed by atoms with Crippen LogP contribution in [0.3, 0.4) is 0 Å². The molecule has 3 heteroatoms. The van der Waals surface area contributed by atoms with Crippen LogP contribution in [-0.4, -0.2) is 37.1 Å². The topological polar surface area (TPSA) is 39.1 Å². The summed E-state index contributed by atoms with van der Waals surface area (Å²) in [4.78, 5) is 2.26. The van der Waals surface area contributed by atoms with Gasteiger partial charge in [-0.3, -0.25) is 4.90 Å². The Morgan fingerprint density at radius 2 is 2.42 bits per heavy atom. The van der Waals surface area contributed by atoms with E-state index in [4.69, 9.17) is 5.26 Å². The third-order valence-corrected chi connectivity index (χ3v) is 2.97. The number of piperidine rings is 1. The van der Waals surface area contributed by atoms with E-state index in [0.717, 1.165) is 19.0 Å². The van der Waals surface area contributed by atoms with Gasteiger partial charge in [0.25, 0.3) is 0 Å². The van der Waals surface area contributed by atoms with Crippen molar-refractivity contribution in [3.05, 3.63) is 0 Å². The first-order chi connectivity index (χ1) is 5.90. The number of hydrogen-bond acceptors (Lipinski definition) is 3. The Bertz CT molecular complexity index is 182. The Kier molecular flexibility index (Phi) is 2.29. The number of nitrogens with one attached hydrogen (secondary N) is 1. The predicted octanol–water partition coefficient (Wildman–Crippen LogP) is 0.194. The van der Waals surface area contributed by atoms with Gasteiger partial charge in [-0.1, -0.05) is 0 Å². The quantitative estimate of drug-likeness (QED) is 0.564. The lowest BCUT2D eigenvalue weighted by molar-refractivity contribution is 0.336. The number of fused-ring (bicyclic) bond motifs is 1. The molecule has 0 bridgehead atoms. The van der Waals surface area contributed by atoms with Crippen molar-refractivity contribution in [2.24, 2.45) is 5.92 Å². The van der Waals surface area contributed by atoms with Crippen molar-refractivity contribution in [1.29, 1.82) is 5.26 Å². The SMILES string of the molecule is N#CCN1CC2CCCNC2C1. The Morgan fingerprint density at radius 3 is 3.17 bits per heavy atom. The van der Waals surface area contributed by atoms with Gasteiger partial charge in [-0.25, -0.2) is 0 Å². The second kappa shape index (κ2) is 3.42. The minimum atomic E-state index is 0.606. The van der Waals surface area contributed by atoms with Crippen molar-refractivity contribution in [3.63, 3.8) is 0 Å². The Labute approximate surface area is 73.3 Å². The lowest BCUT2D eigenvalue weighted by Gasteiger charge is -2.24. The molecule has 12 heavy (non-hydrogen) atoms. The van der Waals surface area contributed by atoms with Gasteiger partial charge >= 0.3 is 0 Å². The Balaban J connectivity index is 1.90. The molecule has 3 nitrogen and oxygen atoms in total. The molecule has 2 saturated heterocycles. The minimum absolute atomic E-state index is 0.606. The number of likely N-dealkylation sites (tertiary alicyclic amines) is 1. The summed E-state index contributed by atoms with van der Waals surface area (Å²) in [7, 11) is 0. The molecule has 2 rings (SSSR count). The van der Waals surface area contributed by atoms with Crippen molar-refractivity contribution >= 4 is 0 Å². The Morgan fingerprint density at radius 1 is 1.50 bits per heavy atom.